The molecule has 1 fully saturated rings. The average Bonchev–Trinajstić information content (AvgIpc) is 2.48. The van der Waals surface area contributed by atoms with Crippen LogP contribution < -0.4 is 10.1 Å². The summed E-state index contributed by atoms with van der Waals surface area (Å²) in [6.07, 6.45) is 1.36. The first-order chi connectivity index (χ1) is 9.61. The van der Waals surface area contributed by atoms with Gasteiger partial charge in [0.05, 0.1) is 7.11 Å². The van der Waals surface area contributed by atoms with E-state index in [0.29, 0.717) is 12.5 Å². The van der Waals surface area contributed by atoms with Crippen molar-refractivity contribution in [1.82, 2.24) is 10.2 Å². The summed E-state index contributed by atoms with van der Waals surface area (Å²) in [6, 6.07) is 8.57. The molecule has 1 saturated heterocycles. The maximum atomic E-state index is 12.3. The van der Waals surface area contributed by atoms with Gasteiger partial charge < -0.3 is 15.0 Å². The molecule has 0 aliphatic carbocycles. The fourth-order valence-corrected chi connectivity index (χ4v) is 2.60. The van der Waals surface area contributed by atoms with Crippen molar-refractivity contribution in [3.05, 3.63) is 29.8 Å². The summed E-state index contributed by atoms with van der Waals surface area (Å²) in [5.41, 5.74) is 1.18. The molecule has 2 rings (SSSR count). The molecule has 4 nitrogen and oxygen atoms in total. The van der Waals surface area contributed by atoms with Crippen LogP contribution in [0.5, 0.6) is 5.75 Å². The van der Waals surface area contributed by atoms with Gasteiger partial charge in [-0.15, -0.1) is 12.4 Å². The second-order valence-electron chi connectivity index (χ2n) is 5.42. The van der Waals surface area contributed by atoms with E-state index < -0.39 is 0 Å². The van der Waals surface area contributed by atoms with Crippen molar-refractivity contribution in [3.63, 3.8) is 0 Å². The van der Waals surface area contributed by atoms with Crippen LogP contribution in [0.1, 0.15) is 25.8 Å². The van der Waals surface area contributed by atoms with Gasteiger partial charge in [0.15, 0.2) is 0 Å². The number of nitrogens with zero attached hydrogens (tertiary/aromatic N) is 1. The van der Waals surface area contributed by atoms with E-state index in [-0.39, 0.29) is 24.4 Å². The van der Waals surface area contributed by atoms with Crippen molar-refractivity contribution >= 4 is 18.3 Å². The SMILES string of the molecule is COc1ccc(CCC(=O)N2CCNC(C)C2C)cc1.Cl. The lowest BCUT2D eigenvalue weighted by Gasteiger charge is -2.38. The third kappa shape index (κ3) is 4.61. The minimum absolute atomic E-state index is 0. The van der Waals surface area contributed by atoms with E-state index >= 15 is 0 Å². The highest BCUT2D eigenvalue weighted by Gasteiger charge is 2.27. The number of benzene rings is 1. The molecule has 0 saturated carbocycles. The van der Waals surface area contributed by atoms with Crippen molar-refractivity contribution in [1.29, 1.82) is 0 Å². The monoisotopic (exact) mass is 312 g/mol. The molecule has 5 heteroatoms. The first-order valence-corrected chi connectivity index (χ1v) is 7.27. The number of halogens is 1. The Bertz CT molecular complexity index is 450. The summed E-state index contributed by atoms with van der Waals surface area (Å²) in [4.78, 5) is 14.3. The number of aryl methyl sites for hydroxylation is 1. The molecule has 0 bridgehead atoms. The highest BCUT2D eigenvalue weighted by Crippen LogP contribution is 2.15. The number of ether oxygens (including phenoxy) is 1. The maximum absolute atomic E-state index is 12.3. The number of carbonyl (C=O) groups is 1. The third-order valence-electron chi connectivity index (χ3n) is 4.14. The standard InChI is InChI=1S/C16H24N2O2.ClH/c1-12-13(2)18(11-10-17-12)16(19)9-6-14-4-7-15(20-3)8-5-14;/h4-5,7-8,12-13,17H,6,9-11H2,1-3H3;1H. The molecule has 0 spiro atoms. The summed E-state index contributed by atoms with van der Waals surface area (Å²) in [5, 5.41) is 3.40. The number of hydrogen-bond acceptors (Lipinski definition) is 3. The van der Waals surface area contributed by atoms with Crippen LogP contribution in [0.2, 0.25) is 0 Å². The van der Waals surface area contributed by atoms with Gasteiger partial charge in [-0.2, -0.15) is 0 Å². The lowest BCUT2D eigenvalue weighted by atomic mass is 10.0. The smallest absolute Gasteiger partial charge is 0.223 e. The van der Waals surface area contributed by atoms with Crippen LogP contribution in [0, 0.1) is 0 Å². The molecule has 1 N–H and O–H groups in total. The van der Waals surface area contributed by atoms with Crippen molar-refractivity contribution in [2.24, 2.45) is 0 Å². The number of amides is 1. The Morgan fingerprint density at radius 1 is 1.33 bits per heavy atom. The number of nitrogens with one attached hydrogen (secondary N) is 1. The predicted octanol–water partition coefficient (Wildman–Crippen LogP) is 2.26. The van der Waals surface area contributed by atoms with E-state index in [2.05, 4.69) is 19.2 Å². The van der Waals surface area contributed by atoms with Crippen molar-refractivity contribution < 1.29 is 9.53 Å². The van der Waals surface area contributed by atoms with E-state index in [1.54, 1.807) is 7.11 Å². The summed E-state index contributed by atoms with van der Waals surface area (Å²) >= 11 is 0. The quantitative estimate of drug-likeness (QED) is 0.927. The molecule has 1 aromatic carbocycles. The number of methoxy groups -OCH3 is 1. The Labute approximate surface area is 133 Å². The second-order valence-corrected chi connectivity index (χ2v) is 5.42. The zero-order valence-corrected chi connectivity index (χ0v) is 13.8. The Morgan fingerprint density at radius 2 is 2.00 bits per heavy atom. The van der Waals surface area contributed by atoms with Crippen molar-refractivity contribution in [2.45, 2.75) is 38.8 Å². The second kappa shape index (κ2) is 8.25. The molecule has 1 aliphatic heterocycles. The molecule has 1 aromatic rings. The largest absolute Gasteiger partial charge is 0.497 e. The van der Waals surface area contributed by atoms with Gasteiger partial charge in [0.2, 0.25) is 5.91 Å². The maximum Gasteiger partial charge on any atom is 0.223 e. The van der Waals surface area contributed by atoms with Crippen LogP contribution >= 0.6 is 12.4 Å². The Kier molecular flexibility index (Phi) is 6.99. The molecular weight excluding hydrogens is 288 g/mol. The van der Waals surface area contributed by atoms with Gasteiger partial charge in [-0.3, -0.25) is 4.79 Å². The van der Waals surface area contributed by atoms with Gasteiger partial charge >= 0.3 is 0 Å². The van der Waals surface area contributed by atoms with Gasteiger partial charge in [-0.25, -0.2) is 0 Å². The van der Waals surface area contributed by atoms with Gasteiger partial charge in [0.25, 0.3) is 0 Å². The number of rotatable bonds is 4. The van der Waals surface area contributed by atoms with Gasteiger partial charge in [0.1, 0.15) is 5.75 Å². The van der Waals surface area contributed by atoms with Crippen molar-refractivity contribution in [2.75, 3.05) is 20.2 Å². The summed E-state index contributed by atoms with van der Waals surface area (Å²) in [6.45, 7) is 5.95. The Morgan fingerprint density at radius 3 is 2.62 bits per heavy atom. The van der Waals surface area contributed by atoms with Gasteiger partial charge in [-0.05, 0) is 38.0 Å². The Balaban J connectivity index is 0.00000220. The van der Waals surface area contributed by atoms with Crippen molar-refractivity contribution in [3.8, 4) is 5.75 Å². The van der Waals surface area contributed by atoms with Crippen LogP contribution in [-0.2, 0) is 11.2 Å². The summed E-state index contributed by atoms with van der Waals surface area (Å²) in [7, 11) is 1.66. The molecule has 1 heterocycles. The fourth-order valence-electron chi connectivity index (χ4n) is 2.60. The van der Waals surface area contributed by atoms with Crippen LogP contribution in [0.3, 0.4) is 0 Å². The van der Waals surface area contributed by atoms with Crippen LogP contribution in [-0.4, -0.2) is 43.1 Å². The molecular formula is C16H25ClN2O2. The molecule has 2 unspecified atom stereocenters. The van der Waals surface area contributed by atoms with E-state index in [0.717, 1.165) is 25.3 Å². The van der Waals surface area contributed by atoms with E-state index in [1.165, 1.54) is 5.56 Å². The highest BCUT2D eigenvalue weighted by atomic mass is 35.5. The zero-order chi connectivity index (χ0) is 14.5. The molecule has 0 radical (unpaired) electrons. The van der Waals surface area contributed by atoms with E-state index in [9.17, 15) is 4.79 Å². The number of piperazine rings is 1. The number of carbonyl (C=O) groups excluding carboxylic acids is 1. The molecule has 1 amide bonds. The topological polar surface area (TPSA) is 41.6 Å². The van der Waals surface area contributed by atoms with E-state index in [4.69, 9.17) is 4.74 Å². The van der Waals surface area contributed by atoms with Crippen LogP contribution in [0.25, 0.3) is 0 Å². The summed E-state index contributed by atoms with van der Waals surface area (Å²) in [5.74, 6) is 1.10. The Hall–Kier alpha value is -1.26. The first-order valence-electron chi connectivity index (χ1n) is 7.27. The summed E-state index contributed by atoms with van der Waals surface area (Å²) < 4.78 is 5.13. The molecule has 2 atom stereocenters. The van der Waals surface area contributed by atoms with E-state index in [1.807, 2.05) is 29.2 Å². The normalized spacial score (nSPS) is 21.6. The predicted molar refractivity (Wildman–Crippen MR) is 87.2 cm³/mol. The minimum Gasteiger partial charge on any atom is -0.497 e. The molecule has 1 aliphatic rings. The molecule has 118 valence electrons. The number of hydrogen-bond donors (Lipinski definition) is 1. The van der Waals surface area contributed by atoms with Gasteiger partial charge in [0, 0.05) is 31.6 Å². The average molecular weight is 313 g/mol. The highest BCUT2D eigenvalue weighted by molar-refractivity contribution is 5.85. The van der Waals surface area contributed by atoms with Crippen LogP contribution in [0.15, 0.2) is 24.3 Å². The fraction of sp³-hybridized carbons (Fsp3) is 0.562. The van der Waals surface area contributed by atoms with Crippen LogP contribution in [0.4, 0.5) is 0 Å². The molecule has 21 heavy (non-hydrogen) atoms. The zero-order valence-electron chi connectivity index (χ0n) is 13.0. The first kappa shape index (κ1) is 17.8. The minimum atomic E-state index is 0. The van der Waals surface area contributed by atoms with Gasteiger partial charge in [-0.1, -0.05) is 12.1 Å². The lowest BCUT2D eigenvalue weighted by molar-refractivity contribution is -0.134. The molecule has 0 aromatic heterocycles. The third-order valence-corrected chi connectivity index (χ3v) is 4.14. The lowest BCUT2D eigenvalue weighted by Crippen LogP contribution is -2.57.